The monoisotopic (exact) mass is 284 g/mol. The Balaban J connectivity index is 2.63. The molecule has 0 aliphatic heterocycles. The van der Waals surface area contributed by atoms with Gasteiger partial charge in [-0.25, -0.2) is 8.42 Å². The highest BCUT2D eigenvalue weighted by atomic mass is 32.2. The number of unbranched alkanes of at least 4 members (excludes halogenated alkanes) is 1. The fourth-order valence-corrected chi connectivity index (χ4v) is 2.06. The van der Waals surface area contributed by atoms with Crippen molar-refractivity contribution in [1.82, 2.24) is 5.32 Å². The summed E-state index contributed by atoms with van der Waals surface area (Å²) in [5.41, 5.74) is 0.988. The third kappa shape index (κ3) is 5.30. The quantitative estimate of drug-likeness (QED) is 0.752. The van der Waals surface area contributed by atoms with Crippen LogP contribution in [0.25, 0.3) is 0 Å². The first-order valence-corrected chi connectivity index (χ1v) is 8.02. The van der Waals surface area contributed by atoms with Crippen molar-refractivity contribution in [3.05, 3.63) is 29.8 Å². The highest BCUT2D eigenvalue weighted by molar-refractivity contribution is 7.92. The molecule has 1 aromatic rings. The number of anilines is 1. The minimum atomic E-state index is -3.27. The van der Waals surface area contributed by atoms with Gasteiger partial charge < -0.3 is 5.32 Å². The molecule has 0 radical (unpaired) electrons. The van der Waals surface area contributed by atoms with Crippen molar-refractivity contribution in [1.29, 1.82) is 0 Å². The maximum Gasteiger partial charge on any atom is 0.251 e. The van der Waals surface area contributed by atoms with Gasteiger partial charge in [0.2, 0.25) is 10.0 Å². The van der Waals surface area contributed by atoms with Gasteiger partial charge in [0.05, 0.1) is 5.75 Å². The standard InChI is InChI=1S/C13H20N2O3S/c1-3-5-10-14-13(16)11-6-8-12(9-7-11)15-19(17,18)4-2/h6-9,15H,3-5,10H2,1-2H3,(H,14,16). The van der Waals surface area contributed by atoms with Crippen molar-refractivity contribution in [2.24, 2.45) is 0 Å². The van der Waals surface area contributed by atoms with Crippen LogP contribution in [0.1, 0.15) is 37.0 Å². The van der Waals surface area contributed by atoms with Crippen LogP contribution in [0, 0.1) is 0 Å². The summed E-state index contributed by atoms with van der Waals surface area (Å²) in [6.45, 7) is 4.28. The van der Waals surface area contributed by atoms with Gasteiger partial charge in [0.25, 0.3) is 5.91 Å². The normalized spacial score (nSPS) is 11.1. The predicted octanol–water partition coefficient (Wildman–Crippen LogP) is 1.98. The summed E-state index contributed by atoms with van der Waals surface area (Å²) < 4.78 is 25.2. The number of hydrogen-bond donors (Lipinski definition) is 2. The second kappa shape index (κ2) is 7.13. The van der Waals surface area contributed by atoms with Gasteiger partial charge in [0.1, 0.15) is 0 Å². The predicted molar refractivity (Wildman–Crippen MR) is 76.8 cm³/mol. The van der Waals surface area contributed by atoms with Crippen LogP contribution in [0.3, 0.4) is 0 Å². The molecule has 0 aromatic heterocycles. The molecular formula is C13H20N2O3S. The molecule has 0 aliphatic carbocycles. The first kappa shape index (κ1) is 15.5. The SMILES string of the molecule is CCCCNC(=O)c1ccc(NS(=O)(=O)CC)cc1. The van der Waals surface area contributed by atoms with Gasteiger partial charge in [-0.15, -0.1) is 0 Å². The van der Waals surface area contributed by atoms with Crippen LogP contribution in [0.15, 0.2) is 24.3 Å². The van der Waals surface area contributed by atoms with Crippen LogP contribution in [-0.2, 0) is 10.0 Å². The van der Waals surface area contributed by atoms with Gasteiger partial charge in [-0.3, -0.25) is 9.52 Å². The fraction of sp³-hybridized carbons (Fsp3) is 0.462. The van der Waals surface area contributed by atoms with Gasteiger partial charge >= 0.3 is 0 Å². The molecule has 0 saturated heterocycles. The summed E-state index contributed by atoms with van der Waals surface area (Å²) in [5, 5.41) is 2.80. The molecule has 6 heteroatoms. The first-order valence-electron chi connectivity index (χ1n) is 6.37. The van der Waals surface area contributed by atoms with Crippen LogP contribution in [0.5, 0.6) is 0 Å². The summed E-state index contributed by atoms with van der Waals surface area (Å²) >= 11 is 0. The van der Waals surface area contributed by atoms with Gasteiger partial charge in [-0.1, -0.05) is 13.3 Å². The zero-order valence-corrected chi connectivity index (χ0v) is 12.1. The Hall–Kier alpha value is -1.56. The average molecular weight is 284 g/mol. The molecule has 0 spiro atoms. The number of carbonyl (C=O) groups excluding carboxylic acids is 1. The molecule has 2 N–H and O–H groups in total. The number of benzene rings is 1. The van der Waals surface area contributed by atoms with E-state index < -0.39 is 10.0 Å². The number of nitrogens with one attached hydrogen (secondary N) is 2. The zero-order chi connectivity index (χ0) is 14.3. The Morgan fingerprint density at radius 1 is 1.16 bits per heavy atom. The molecule has 0 fully saturated rings. The molecule has 1 rings (SSSR count). The maximum absolute atomic E-state index is 11.7. The van der Waals surface area contributed by atoms with Crippen LogP contribution in [-0.4, -0.2) is 26.6 Å². The third-order valence-electron chi connectivity index (χ3n) is 2.62. The Morgan fingerprint density at radius 3 is 2.32 bits per heavy atom. The van der Waals surface area contributed by atoms with E-state index >= 15 is 0 Å². The molecule has 0 unspecified atom stereocenters. The molecule has 19 heavy (non-hydrogen) atoms. The molecule has 0 aliphatic rings. The number of carbonyl (C=O) groups is 1. The largest absolute Gasteiger partial charge is 0.352 e. The van der Waals surface area contributed by atoms with E-state index in [1.54, 1.807) is 31.2 Å². The molecule has 0 atom stereocenters. The van der Waals surface area contributed by atoms with Crippen molar-refractivity contribution in [3.8, 4) is 0 Å². The lowest BCUT2D eigenvalue weighted by Crippen LogP contribution is -2.24. The summed E-state index contributed by atoms with van der Waals surface area (Å²) in [4.78, 5) is 11.7. The Labute approximate surface area is 114 Å². The van der Waals surface area contributed by atoms with E-state index in [1.807, 2.05) is 0 Å². The van der Waals surface area contributed by atoms with Gasteiger partial charge in [-0.05, 0) is 37.6 Å². The van der Waals surface area contributed by atoms with Crippen LogP contribution in [0.4, 0.5) is 5.69 Å². The highest BCUT2D eigenvalue weighted by Crippen LogP contribution is 2.11. The van der Waals surface area contributed by atoms with Crippen LogP contribution < -0.4 is 10.0 Å². The maximum atomic E-state index is 11.7. The molecule has 1 amide bonds. The fourth-order valence-electron chi connectivity index (χ4n) is 1.42. The van der Waals surface area contributed by atoms with E-state index in [0.717, 1.165) is 12.8 Å². The van der Waals surface area contributed by atoms with E-state index in [1.165, 1.54) is 0 Å². The Kier molecular flexibility index (Phi) is 5.82. The van der Waals surface area contributed by atoms with Crippen molar-refractivity contribution in [2.75, 3.05) is 17.0 Å². The van der Waals surface area contributed by atoms with Gasteiger partial charge in [0, 0.05) is 17.8 Å². The van der Waals surface area contributed by atoms with E-state index in [9.17, 15) is 13.2 Å². The minimum absolute atomic E-state index is 0.0201. The molecule has 5 nitrogen and oxygen atoms in total. The summed E-state index contributed by atoms with van der Waals surface area (Å²) in [5.74, 6) is -0.120. The molecular weight excluding hydrogens is 264 g/mol. The van der Waals surface area contributed by atoms with E-state index in [2.05, 4.69) is 17.0 Å². The topological polar surface area (TPSA) is 75.3 Å². The molecule has 1 aromatic carbocycles. The number of hydrogen-bond acceptors (Lipinski definition) is 3. The average Bonchev–Trinajstić information content (AvgIpc) is 2.39. The van der Waals surface area contributed by atoms with Gasteiger partial charge in [0.15, 0.2) is 0 Å². The van der Waals surface area contributed by atoms with Crippen molar-refractivity contribution in [2.45, 2.75) is 26.7 Å². The highest BCUT2D eigenvalue weighted by Gasteiger charge is 2.08. The van der Waals surface area contributed by atoms with Crippen LogP contribution >= 0.6 is 0 Å². The lowest BCUT2D eigenvalue weighted by Gasteiger charge is -2.07. The summed E-state index contributed by atoms with van der Waals surface area (Å²) in [6, 6.07) is 6.38. The van der Waals surface area contributed by atoms with Gasteiger partial charge in [-0.2, -0.15) is 0 Å². The van der Waals surface area contributed by atoms with Crippen molar-refractivity contribution < 1.29 is 13.2 Å². The Bertz CT molecular complexity index is 509. The number of sulfonamides is 1. The lowest BCUT2D eigenvalue weighted by atomic mass is 10.2. The third-order valence-corrected chi connectivity index (χ3v) is 3.92. The Morgan fingerprint density at radius 2 is 1.79 bits per heavy atom. The van der Waals surface area contributed by atoms with Crippen LogP contribution in [0.2, 0.25) is 0 Å². The smallest absolute Gasteiger partial charge is 0.251 e. The van der Waals surface area contributed by atoms with E-state index in [-0.39, 0.29) is 11.7 Å². The number of rotatable bonds is 7. The second-order valence-corrected chi connectivity index (χ2v) is 6.20. The van der Waals surface area contributed by atoms with Crippen molar-refractivity contribution in [3.63, 3.8) is 0 Å². The van der Waals surface area contributed by atoms with E-state index in [0.29, 0.717) is 17.8 Å². The van der Waals surface area contributed by atoms with Crippen molar-refractivity contribution >= 4 is 21.6 Å². The second-order valence-electron chi connectivity index (χ2n) is 4.19. The lowest BCUT2D eigenvalue weighted by molar-refractivity contribution is 0.0953. The first-order chi connectivity index (χ1) is 8.98. The minimum Gasteiger partial charge on any atom is -0.352 e. The molecule has 0 bridgehead atoms. The summed E-state index contributed by atoms with van der Waals surface area (Å²) in [6.07, 6.45) is 1.97. The van der Waals surface area contributed by atoms with E-state index in [4.69, 9.17) is 0 Å². The molecule has 0 heterocycles. The molecule has 0 saturated carbocycles. The zero-order valence-electron chi connectivity index (χ0n) is 11.3. The molecule has 106 valence electrons. The summed E-state index contributed by atoms with van der Waals surface area (Å²) in [7, 11) is -3.27. The number of amides is 1.